The Morgan fingerprint density at radius 3 is 2.82 bits per heavy atom. The Labute approximate surface area is 129 Å². The molecule has 3 rings (SSSR count). The molecule has 1 aliphatic rings. The van der Waals surface area contributed by atoms with Gasteiger partial charge in [-0.05, 0) is 30.0 Å². The van der Waals surface area contributed by atoms with Gasteiger partial charge in [-0.3, -0.25) is 9.48 Å². The third kappa shape index (κ3) is 2.63. The summed E-state index contributed by atoms with van der Waals surface area (Å²) in [6, 6.07) is 4.45. The summed E-state index contributed by atoms with van der Waals surface area (Å²) in [5.41, 5.74) is 2.41. The van der Waals surface area contributed by atoms with Crippen molar-refractivity contribution in [3.05, 3.63) is 53.1 Å². The molecule has 0 radical (unpaired) electrons. The van der Waals surface area contributed by atoms with Gasteiger partial charge >= 0.3 is 0 Å². The summed E-state index contributed by atoms with van der Waals surface area (Å²) in [6.07, 6.45) is 4.44. The van der Waals surface area contributed by atoms with E-state index >= 15 is 0 Å². The minimum Gasteiger partial charge on any atom is -0.331 e. The van der Waals surface area contributed by atoms with Crippen LogP contribution >= 0.6 is 0 Å². The Bertz CT molecular complexity index is 708. The standard InChI is InChI=1S/C17H20FN3O/c1-11(2)9-21-16(13-8-19-20(3)10-13)6-12-4-5-14(18)7-15(12)17(21)22/h4-5,7-8,10-11,16H,6,9H2,1-3H3. The second-order valence-electron chi connectivity index (χ2n) is 6.32. The van der Waals surface area contributed by atoms with E-state index in [-0.39, 0.29) is 17.8 Å². The first-order valence-electron chi connectivity index (χ1n) is 7.53. The molecular formula is C17H20FN3O. The van der Waals surface area contributed by atoms with E-state index in [1.165, 1.54) is 12.1 Å². The van der Waals surface area contributed by atoms with Crippen molar-refractivity contribution in [3.63, 3.8) is 0 Å². The van der Waals surface area contributed by atoms with Crippen LogP contribution in [0.25, 0.3) is 0 Å². The van der Waals surface area contributed by atoms with Gasteiger partial charge in [-0.25, -0.2) is 4.39 Å². The van der Waals surface area contributed by atoms with Crippen molar-refractivity contribution in [3.8, 4) is 0 Å². The molecule has 0 spiro atoms. The molecule has 1 amide bonds. The van der Waals surface area contributed by atoms with Crippen LogP contribution in [0.5, 0.6) is 0 Å². The summed E-state index contributed by atoms with van der Waals surface area (Å²) in [7, 11) is 1.87. The van der Waals surface area contributed by atoms with Crippen molar-refractivity contribution in [2.75, 3.05) is 6.54 Å². The van der Waals surface area contributed by atoms with Gasteiger partial charge < -0.3 is 4.90 Å². The molecular weight excluding hydrogens is 281 g/mol. The molecule has 116 valence electrons. The Hall–Kier alpha value is -2.17. The van der Waals surface area contributed by atoms with Crippen LogP contribution in [0.3, 0.4) is 0 Å². The SMILES string of the molecule is CC(C)CN1C(=O)c2cc(F)ccc2CC1c1cnn(C)c1. The monoisotopic (exact) mass is 301 g/mol. The van der Waals surface area contributed by atoms with Gasteiger partial charge in [0.05, 0.1) is 12.2 Å². The highest BCUT2D eigenvalue weighted by Gasteiger charge is 2.34. The van der Waals surface area contributed by atoms with Crippen molar-refractivity contribution in [1.82, 2.24) is 14.7 Å². The predicted octanol–water partition coefficient (Wildman–Crippen LogP) is 2.95. The summed E-state index contributed by atoms with van der Waals surface area (Å²) in [4.78, 5) is 14.7. The van der Waals surface area contributed by atoms with E-state index in [1.54, 1.807) is 16.9 Å². The largest absolute Gasteiger partial charge is 0.331 e. The van der Waals surface area contributed by atoms with Crippen LogP contribution in [-0.2, 0) is 13.5 Å². The molecule has 0 N–H and O–H groups in total. The number of hydrogen-bond donors (Lipinski definition) is 0. The highest BCUT2D eigenvalue weighted by Crippen LogP contribution is 2.33. The zero-order chi connectivity index (χ0) is 15.9. The molecule has 0 saturated heterocycles. The number of carbonyl (C=O) groups excluding carboxylic acids is 1. The van der Waals surface area contributed by atoms with Gasteiger partial charge in [0.2, 0.25) is 0 Å². The molecule has 1 aromatic heterocycles. The van der Waals surface area contributed by atoms with E-state index in [2.05, 4.69) is 18.9 Å². The molecule has 0 fully saturated rings. The number of aromatic nitrogens is 2. The van der Waals surface area contributed by atoms with Crippen LogP contribution in [0, 0.1) is 11.7 Å². The van der Waals surface area contributed by atoms with Gasteiger partial charge in [-0.2, -0.15) is 5.10 Å². The molecule has 0 aliphatic carbocycles. The zero-order valence-corrected chi connectivity index (χ0v) is 13.1. The summed E-state index contributed by atoms with van der Waals surface area (Å²) in [5.74, 6) is -0.113. The van der Waals surface area contributed by atoms with Crippen LogP contribution in [0.2, 0.25) is 0 Å². The second-order valence-corrected chi connectivity index (χ2v) is 6.32. The van der Waals surface area contributed by atoms with Gasteiger partial charge in [0.1, 0.15) is 5.82 Å². The van der Waals surface area contributed by atoms with Crippen molar-refractivity contribution >= 4 is 5.91 Å². The van der Waals surface area contributed by atoms with E-state index in [0.29, 0.717) is 24.4 Å². The molecule has 1 atom stereocenters. The molecule has 22 heavy (non-hydrogen) atoms. The lowest BCUT2D eigenvalue weighted by Crippen LogP contribution is -2.42. The Morgan fingerprint density at radius 1 is 1.41 bits per heavy atom. The maximum absolute atomic E-state index is 13.5. The second kappa shape index (κ2) is 5.55. The maximum atomic E-state index is 13.5. The molecule has 2 heterocycles. The summed E-state index contributed by atoms with van der Waals surface area (Å²) >= 11 is 0. The Morgan fingerprint density at radius 2 is 2.18 bits per heavy atom. The minimum atomic E-state index is -0.364. The number of hydrogen-bond acceptors (Lipinski definition) is 2. The van der Waals surface area contributed by atoms with E-state index in [9.17, 15) is 9.18 Å². The van der Waals surface area contributed by atoms with Crippen LogP contribution < -0.4 is 0 Å². The maximum Gasteiger partial charge on any atom is 0.254 e. The third-order valence-electron chi connectivity index (χ3n) is 4.02. The summed E-state index contributed by atoms with van der Waals surface area (Å²) < 4.78 is 15.2. The highest BCUT2D eigenvalue weighted by molar-refractivity contribution is 5.97. The predicted molar refractivity (Wildman–Crippen MR) is 81.9 cm³/mol. The zero-order valence-electron chi connectivity index (χ0n) is 13.1. The van der Waals surface area contributed by atoms with Crippen molar-refractivity contribution < 1.29 is 9.18 Å². The van der Waals surface area contributed by atoms with E-state index in [4.69, 9.17) is 0 Å². The van der Waals surface area contributed by atoms with E-state index in [1.807, 2.05) is 18.1 Å². The van der Waals surface area contributed by atoms with Crippen LogP contribution in [0.4, 0.5) is 4.39 Å². The number of carbonyl (C=O) groups is 1. The normalized spacial score (nSPS) is 18.0. The molecule has 2 aromatic rings. The fourth-order valence-electron chi connectivity index (χ4n) is 3.05. The van der Waals surface area contributed by atoms with Gasteiger partial charge in [-0.15, -0.1) is 0 Å². The average Bonchev–Trinajstić information content (AvgIpc) is 2.88. The first-order chi connectivity index (χ1) is 10.5. The lowest BCUT2D eigenvalue weighted by Gasteiger charge is -2.37. The van der Waals surface area contributed by atoms with Gasteiger partial charge in [0.15, 0.2) is 0 Å². The average molecular weight is 301 g/mol. The number of rotatable bonds is 3. The molecule has 0 saturated carbocycles. The fraction of sp³-hybridized carbons (Fsp3) is 0.412. The number of fused-ring (bicyclic) bond motifs is 1. The molecule has 5 heteroatoms. The van der Waals surface area contributed by atoms with Gasteiger partial charge in [-0.1, -0.05) is 19.9 Å². The van der Waals surface area contributed by atoms with Crippen molar-refractivity contribution in [1.29, 1.82) is 0 Å². The van der Waals surface area contributed by atoms with E-state index in [0.717, 1.165) is 11.1 Å². The van der Waals surface area contributed by atoms with Crippen molar-refractivity contribution in [2.45, 2.75) is 26.3 Å². The van der Waals surface area contributed by atoms with Gasteiger partial charge in [0.25, 0.3) is 5.91 Å². The smallest absolute Gasteiger partial charge is 0.254 e. The van der Waals surface area contributed by atoms with Crippen LogP contribution in [0.1, 0.15) is 41.4 Å². The number of halogens is 1. The molecule has 1 aliphatic heterocycles. The molecule has 0 bridgehead atoms. The lowest BCUT2D eigenvalue weighted by molar-refractivity contribution is 0.0619. The molecule has 1 aromatic carbocycles. The van der Waals surface area contributed by atoms with E-state index < -0.39 is 0 Å². The number of aryl methyl sites for hydroxylation is 1. The first kappa shape index (κ1) is 14.8. The van der Waals surface area contributed by atoms with Crippen LogP contribution in [0.15, 0.2) is 30.6 Å². The fourth-order valence-corrected chi connectivity index (χ4v) is 3.05. The Balaban J connectivity index is 2.04. The summed E-state index contributed by atoms with van der Waals surface area (Å²) in [5, 5.41) is 4.22. The number of amides is 1. The topological polar surface area (TPSA) is 38.1 Å². The first-order valence-corrected chi connectivity index (χ1v) is 7.53. The molecule has 1 unspecified atom stereocenters. The summed E-state index contributed by atoms with van der Waals surface area (Å²) in [6.45, 7) is 4.80. The van der Waals surface area contributed by atoms with Crippen molar-refractivity contribution in [2.24, 2.45) is 13.0 Å². The quantitative estimate of drug-likeness (QED) is 0.874. The minimum absolute atomic E-state index is 0.0402. The lowest BCUT2D eigenvalue weighted by atomic mass is 9.90. The highest BCUT2D eigenvalue weighted by atomic mass is 19.1. The third-order valence-corrected chi connectivity index (χ3v) is 4.02. The Kier molecular flexibility index (Phi) is 3.72. The van der Waals surface area contributed by atoms with Crippen LogP contribution in [-0.4, -0.2) is 27.1 Å². The molecule has 4 nitrogen and oxygen atoms in total. The number of nitrogens with zero attached hydrogens (tertiary/aromatic N) is 3. The van der Waals surface area contributed by atoms with Gasteiger partial charge in [0, 0.05) is 30.9 Å². The number of benzene rings is 1.